The van der Waals surface area contributed by atoms with E-state index in [1.165, 1.54) is 0 Å². The third-order valence-electron chi connectivity index (χ3n) is 3.62. The van der Waals surface area contributed by atoms with E-state index >= 15 is 0 Å². The molecule has 0 radical (unpaired) electrons. The predicted molar refractivity (Wildman–Crippen MR) is 83.5 cm³/mol. The van der Waals surface area contributed by atoms with Crippen LogP contribution in [0.15, 0.2) is 12.1 Å². The molecule has 1 saturated heterocycles. The number of hydrogen-bond donors (Lipinski definition) is 2. The summed E-state index contributed by atoms with van der Waals surface area (Å²) in [5, 5.41) is 0.775. The molecule has 0 spiro atoms. The van der Waals surface area contributed by atoms with Gasteiger partial charge < -0.3 is 24.5 Å². The van der Waals surface area contributed by atoms with Gasteiger partial charge in [0, 0.05) is 24.5 Å². The van der Waals surface area contributed by atoms with E-state index in [1.54, 1.807) is 14.2 Å². The summed E-state index contributed by atoms with van der Waals surface area (Å²) in [6, 6.07) is 3.63. The number of morpholine rings is 1. The number of nitrogens with zero attached hydrogens (tertiary/aromatic N) is 3. The van der Waals surface area contributed by atoms with Gasteiger partial charge in [0.15, 0.2) is 17.3 Å². The van der Waals surface area contributed by atoms with Crippen LogP contribution in [-0.2, 0) is 4.74 Å². The van der Waals surface area contributed by atoms with Crippen molar-refractivity contribution in [2.75, 3.05) is 50.8 Å². The summed E-state index contributed by atoms with van der Waals surface area (Å²) in [5.74, 6) is 8.01. The molecule has 2 heterocycles. The molecule has 2 aromatic rings. The summed E-state index contributed by atoms with van der Waals surface area (Å²) in [6.45, 7) is 2.84. The van der Waals surface area contributed by atoms with Gasteiger partial charge >= 0.3 is 0 Å². The zero-order valence-electron chi connectivity index (χ0n) is 12.6. The highest BCUT2D eigenvalue weighted by molar-refractivity contribution is 5.92. The lowest BCUT2D eigenvalue weighted by Crippen LogP contribution is -2.37. The van der Waals surface area contributed by atoms with Crippen LogP contribution < -0.4 is 25.6 Å². The summed E-state index contributed by atoms with van der Waals surface area (Å²) in [5.41, 5.74) is 3.37. The number of aromatic nitrogens is 2. The van der Waals surface area contributed by atoms with Crippen LogP contribution in [0.3, 0.4) is 0 Å². The Morgan fingerprint density at radius 1 is 1.14 bits per heavy atom. The minimum atomic E-state index is 0.549. The van der Waals surface area contributed by atoms with Crippen molar-refractivity contribution >= 4 is 22.7 Å². The number of nitrogens with two attached hydrogens (primary N) is 1. The maximum Gasteiger partial charge on any atom is 0.228 e. The SMILES string of the molecule is COc1cc2nc(N3CCOCC3)nc(NN)c2cc1OC. The Morgan fingerprint density at radius 2 is 1.82 bits per heavy atom. The van der Waals surface area contributed by atoms with Gasteiger partial charge in [-0.1, -0.05) is 0 Å². The van der Waals surface area contributed by atoms with Gasteiger partial charge in [-0.15, -0.1) is 0 Å². The molecule has 1 aromatic heterocycles. The van der Waals surface area contributed by atoms with Crippen molar-refractivity contribution in [3.8, 4) is 11.5 Å². The van der Waals surface area contributed by atoms with Crippen LogP contribution >= 0.6 is 0 Å². The second-order valence-electron chi connectivity index (χ2n) is 4.84. The van der Waals surface area contributed by atoms with Gasteiger partial charge in [0.25, 0.3) is 0 Å². The normalized spacial score (nSPS) is 15.0. The van der Waals surface area contributed by atoms with Gasteiger partial charge in [0.1, 0.15) is 0 Å². The van der Waals surface area contributed by atoms with Gasteiger partial charge in [-0.25, -0.2) is 10.8 Å². The molecule has 1 aliphatic heterocycles. The lowest BCUT2D eigenvalue weighted by molar-refractivity contribution is 0.122. The minimum Gasteiger partial charge on any atom is -0.493 e. The largest absolute Gasteiger partial charge is 0.493 e. The molecule has 0 atom stereocenters. The Labute approximate surface area is 128 Å². The first kappa shape index (κ1) is 14.6. The van der Waals surface area contributed by atoms with Crippen LogP contribution in [-0.4, -0.2) is 50.5 Å². The van der Waals surface area contributed by atoms with Crippen LogP contribution in [0.2, 0.25) is 0 Å². The van der Waals surface area contributed by atoms with Crippen LogP contribution in [0.25, 0.3) is 10.9 Å². The van der Waals surface area contributed by atoms with Crippen molar-refractivity contribution in [1.29, 1.82) is 0 Å². The second kappa shape index (κ2) is 6.20. The number of fused-ring (bicyclic) bond motifs is 1. The Bertz CT molecular complexity index is 673. The Hall–Kier alpha value is -2.32. The lowest BCUT2D eigenvalue weighted by atomic mass is 10.2. The van der Waals surface area contributed by atoms with E-state index in [1.807, 2.05) is 12.1 Å². The average Bonchev–Trinajstić information content (AvgIpc) is 2.60. The fourth-order valence-electron chi connectivity index (χ4n) is 2.46. The number of hydrogen-bond acceptors (Lipinski definition) is 8. The first-order chi connectivity index (χ1) is 10.8. The topological polar surface area (TPSA) is 94.8 Å². The van der Waals surface area contributed by atoms with Crippen molar-refractivity contribution < 1.29 is 14.2 Å². The lowest BCUT2D eigenvalue weighted by Gasteiger charge is -2.27. The van der Waals surface area contributed by atoms with Gasteiger partial charge in [-0.05, 0) is 6.07 Å². The Kier molecular flexibility index (Phi) is 4.12. The van der Waals surface area contributed by atoms with E-state index < -0.39 is 0 Å². The van der Waals surface area contributed by atoms with Gasteiger partial charge in [-0.3, -0.25) is 0 Å². The average molecular weight is 305 g/mol. The summed E-state index contributed by atoms with van der Waals surface area (Å²) in [7, 11) is 3.18. The third kappa shape index (κ3) is 2.58. The second-order valence-corrected chi connectivity index (χ2v) is 4.84. The number of anilines is 2. The minimum absolute atomic E-state index is 0.549. The number of hydrazine groups is 1. The molecule has 1 fully saturated rings. The number of rotatable bonds is 4. The molecule has 1 aromatic carbocycles. The monoisotopic (exact) mass is 305 g/mol. The Balaban J connectivity index is 2.12. The fourth-order valence-corrected chi connectivity index (χ4v) is 2.46. The number of nitrogens with one attached hydrogen (secondary N) is 1. The maximum atomic E-state index is 5.62. The molecule has 3 N–H and O–H groups in total. The smallest absolute Gasteiger partial charge is 0.228 e. The van der Waals surface area contributed by atoms with E-state index in [9.17, 15) is 0 Å². The summed E-state index contributed by atoms with van der Waals surface area (Å²) < 4.78 is 16.0. The molecule has 0 amide bonds. The zero-order chi connectivity index (χ0) is 15.5. The molecular formula is C14H19N5O3. The quantitative estimate of drug-likeness (QED) is 0.632. The molecule has 0 bridgehead atoms. The first-order valence-electron chi connectivity index (χ1n) is 7.00. The highest BCUT2D eigenvalue weighted by atomic mass is 16.5. The van der Waals surface area contributed by atoms with E-state index in [2.05, 4.69) is 20.3 Å². The summed E-state index contributed by atoms with van der Waals surface area (Å²) >= 11 is 0. The number of methoxy groups -OCH3 is 2. The highest BCUT2D eigenvalue weighted by Gasteiger charge is 2.18. The molecule has 118 valence electrons. The van der Waals surface area contributed by atoms with Gasteiger partial charge in [0.2, 0.25) is 5.95 Å². The van der Waals surface area contributed by atoms with Gasteiger partial charge in [-0.2, -0.15) is 4.98 Å². The van der Waals surface area contributed by atoms with E-state index in [0.29, 0.717) is 36.5 Å². The van der Waals surface area contributed by atoms with Crippen LogP contribution in [0.4, 0.5) is 11.8 Å². The summed E-state index contributed by atoms with van der Waals surface area (Å²) in [4.78, 5) is 11.2. The van der Waals surface area contributed by atoms with Crippen LogP contribution in [0.1, 0.15) is 0 Å². The standard InChI is InChI=1S/C14H19N5O3/c1-20-11-7-9-10(8-12(11)21-2)16-14(17-13(9)18-15)19-3-5-22-6-4-19/h7-8H,3-6,15H2,1-2H3,(H,16,17,18). The van der Waals surface area contributed by atoms with E-state index in [-0.39, 0.29) is 0 Å². The van der Waals surface area contributed by atoms with Crippen LogP contribution in [0, 0.1) is 0 Å². The van der Waals surface area contributed by atoms with Crippen molar-refractivity contribution in [3.05, 3.63) is 12.1 Å². The molecule has 22 heavy (non-hydrogen) atoms. The number of ether oxygens (including phenoxy) is 3. The number of benzene rings is 1. The summed E-state index contributed by atoms with van der Waals surface area (Å²) in [6.07, 6.45) is 0. The predicted octanol–water partition coefficient (Wildman–Crippen LogP) is 0.769. The Morgan fingerprint density at radius 3 is 2.45 bits per heavy atom. The first-order valence-corrected chi connectivity index (χ1v) is 7.00. The number of nitrogen functional groups attached to an aromatic ring is 1. The van der Waals surface area contributed by atoms with Crippen molar-refractivity contribution in [3.63, 3.8) is 0 Å². The molecule has 0 unspecified atom stereocenters. The molecule has 0 aliphatic carbocycles. The molecule has 8 heteroatoms. The zero-order valence-corrected chi connectivity index (χ0v) is 12.6. The molecule has 0 saturated carbocycles. The molecule has 1 aliphatic rings. The molecule has 8 nitrogen and oxygen atoms in total. The van der Waals surface area contributed by atoms with Crippen LogP contribution in [0.5, 0.6) is 11.5 Å². The molecular weight excluding hydrogens is 286 g/mol. The molecule has 3 rings (SSSR count). The van der Waals surface area contributed by atoms with Crippen molar-refractivity contribution in [2.24, 2.45) is 5.84 Å². The third-order valence-corrected chi connectivity index (χ3v) is 3.62. The maximum absolute atomic E-state index is 5.62. The fraction of sp³-hybridized carbons (Fsp3) is 0.429. The van der Waals surface area contributed by atoms with Gasteiger partial charge in [0.05, 0.1) is 33.0 Å². The highest BCUT2D eigenvalue weighted by Crippen LogP contribution is 2.34. The van der Waals surface area contributed by atoms with E-state index in [4.69, 9.17) is 20.1 Å². The van der Waals surface area contributed by atoms with Crippen molar-refractivity contribution in [1.82, 2.24) is 9.97 Å². The van der Waals surface area contributed by atoms with Crippen molar-refractivity contribution in [2.45, 2.75) is 0 Å². The van der Waals surface area contributed by atoms with E-state index in [0.717, 1.165) is 24.0 Å².